The topological polar surface area (TPSA) is 79.5 Å². The van der Waals surface area contributed by atoms with Crippen LogP contribution in [-0.4, -0.2) is 27.0 Å². The molecule has 1 aromatic carbocycles. The summed E-state index contributed by atoms with van der Waals surface area (Å²) in [5.41, 5.74) is 4.08. The van der Waals surface area contributed by atoms with Crippen LogP contribution in [0.25, 0.3) is 0 Å². The van der Waals surface area contributed by atoms with Gasteiger partial charge in [0, 0.05) is 18.8 Å². The molecule has 1 amide bonds. The summed E-state index contributed by atoms with van der Waals surface area (Å²) in [6, 6.07) is 6.92. The summed E-state index contributed by atoms with van der Waals surface area (Å²) in [6.07, 6.45) is 5.20. The Labute approximate surface area is 122 Å². The van der Waals surface area contributed by atoms with Gasteiger partial charge >= 0.3 is 0 Å². The maximum Gasteiger partial charge on any atom is 0.289 e. The van der Waals surface area contributed by atoms with E-state index in [-0.39, 0.29) is 11.7 Å². The van der Waals surface area contributed by atoms with Crippen molar-refractivity contribution in [1.82, 2.24) is 15.2 Å². The van der Waals surface area contributed by atoms with E-state index in [1.807, 2.05) is 12.1 Å². The number of carbonyl (C=O) groups is 1. The summed E-state index contributed by atoms with van der Waals surface area (Å²) in [5, 5.41) is 17.8. The van der Waals surface area contributed by atoms with E-state index in [0.717, 1.165) is 5.56 Å². The fourth-order valence-electron chi connectivity index (χ4n) is 1.85. The monoisotopic (exact) mass is 284 g/mol. The van der Waals surface area contributed by atoms with Gasteiger partial charge in [0.05, 0.1) is 6.21 Å². The molecule has 0 atom stereocenters. The predicted molar refractivity (Wildman–Crippen MR) is 80.3 cm³/mol. The fraction of sp³-hybridized carbons (Fsp3) is 0.133. The highest BCUT2D eigenvalue weighted by Gasteiger charge is 2.08. The molecule has 0 saturated heterocycles. The molecule has 2 aromatic rings. The first kappa shape index (κ1) is 14.5. The smallest absolute Gasteiger partial charge is 0.289 e. The van der Waals surface area contributed by atoms with Gasteiger partial charge < -0.3 is 5.11 Å². The summed E-state index contributed by atoms with van der Waals surface area (Å²) in [4.78, 5) is 11.8. The van der Waals surface area contributed by atoms with Gasteiger partial charge in [-0.3, -0.25) is 9.48 Å². The summed E-state index contributed by atoms with van der Waals surface area (Å²) in [7, 11) is 1.67. The van der Waals surface area contributed by atoms with E-state index in [4.69, 9.17) is 0 Å². The van der Waals surface area contributed by atoms with Crippen LogP contribution in [0.2, 0.25) is 0 Å². The van der Waals surface area contributed by atoms with Crippen LogP contribution in [0, 0.1) is 0 Å². The third kappa shape index (κ3) is 3.36. The predicted octanol–water partition coefficient (Wildman–Crippen LogP) is 1.62. The number of aromatic hydroxyl groups is 1. The maximum absolute atomic E-state index is 11.8. The number of phenols is 1. The van der Waals surface area contributed by atoms with Gasteiger partial charge in [-0.25, -0.2) is 5.43 Å². The minimum Gasteiger partial charge on any atom is -0.507 e. The molecule has 0 aliphatic heterocycles. The number of rotatable bonds is 5. The number of phenolic OH excluding ortho intramolecular Hbond substituents is 1. The average Bonchev–Trinajstić information content (AvgIpc) is 2.89. The maximum atomic E-state index is 11.8. The zero-order valence-corrected chi connectivity index (χ0v) is 11.7. The number of nitrogens with one attached hydrogen (secondary N) is 1. The fourth-order valence-corrected chi connectivity index (χ4v) is 1.85. The van der Waals surface area contributed by atoms with E-state index < -0.39 is 0 Å². The number of hydrazone groups is 1. The Morgan fingerprint density at radius 2 is 2.33 bits per heavy atom. The number of nitrogens with zero attached hydrogens (tertiary/aromatic N) is 3. The van der Waals surface area contributed by atoms with Crippen LogP contribution < -0.4 is 5.43 Å². The summed E-state index contributed by atoms with van der Waals surface area (Å²) >= 11 is 0. The molecule has 0 unspecified atom stereocenters. The quantitative estimate of drug-likeness (QED) is 0.497. The Morgan fingerprint density at radius 3 is 3.00 bits per heavy atom. The van der Waals surface area contributed by atoms with Crippen molar-refractivity contribution in [1.29, 1.82) is 0 Å². The second-order valence-electron chi connectivity index (χ2n) is 4.39. The lowest BCUT2D eigenvalue weighted by molar-refractivity contribution is 0.0945. The van der Waals surface area contributed by atoms with E-state index in [2.05, 4.69) is 22.2 Å². The van der Waals surface area contributed by atoms with Crippen molar-refractivity contribution in [3.8, 4) is 5.75 Å². The zero-order valence-electron chi connectivity index (χ0n) is 11.7. The second-order valence-corrected chi connectivity index (χ2v) is 4.39. The van der Waals surface area contributed by atoms with Gasteiger partial charge in [0.25, 0.3) is 5.91 Å². The third-order valence-electron chi connectivity index (χ3n) is 2.94. The Morgan fingerprint density at radius 1 is 1.52 bits per heavy atom. The standard InChI is InChI=1S/C15H16N4O2/c1-3-5-11-6-4-7-12(14(11)20)10-16-18-15(21)13-8-9-17-19(13)2/h3-4,6-10,20H,1,5H2,2H3,(H,18,21). The van der Waals surface area contributed by atoms with E-state index in [0.29, 0.717) is 17.7 Å². The first-order chi connectivity index (χ1) is 10.1. The molecule has 2 rings (SSSR count). The highest BCUT2D eigenvalue weighted by Crippen LogP contribution is 2.21. The lowest BCUT2D eigenvalue weighted by Crippen LogP contribution is -2.20. The SMILES string of the molecule is C=CCc1cccc(C=NNC(=O)c2ccnn2C)c1O. The molecule has 0 aliphatic carbocycles. The molecule has 0 fully saturated rings. The minimum atomic E-state index is -0.368. The second kappa shape index (κ2) is 6.51. The van der Waals surface area contributed by atoms with E-state index in [1.165, 1.54) is 17.1 Å². The number of amides is 1. The molecule has 6 nitrogen and oxygen atoms in total. The molecule has 6 heteroatoms. The Bertz CT molecular complexity index is 689. The van der Waals surface area contributed by atoms with Crippen molar-refractivity contribution in [3.05, 3.63) is 59.9 Å². The number of benzene rings is 1. The summed E-state index contributed by atoms with van der Waals surface area (Å²) in [6.45, 7) is 3.64. The summed E-state index contributed by atoms with van der Waals surface area (Å²) in [5.74, 6) is -0.232. The highest BCUT2D eigenvalue weighted by atomic mass is 16.3. The molecule has 0 saturated carbocycles. The van der Waals surface area contributed by atoms with Crippen molar-refractivity contribution in [2.75, 3.05) is 0 Å². The van der Waals surface area contributed by atoms with Gasteiger partial charge in [0.1, 0.15) is 11.4 Å². The highest BCUT2D eigenvalue weighted by molar-refractivity contribution is 5.93. The van der Waals surface area contributed by atoms with Crippen LogP contribution in [0.4, 0.5) is 0 Å². The Hall–Kier alpha value is -2.89. The molecular weight excluding hydrogens is 268 g/mol. The Kier molecular flexibility index (Phi) is 4.50. The van der Waals surface area contributed by atoms with Crippen LogP contribution in [0.1, 0.15) is 21.6 Å². The van der Waals surface area contributed by atoms with Crippen molar-refractivity contribution >= 4 is 12.1 Å². The normalized spacial score (nSPS) is 10.7. The lowest BCUT2D eigenvalue weighted by atomic mass is 10.1. The number of hydrogen-bond acceptors (Lipinski definition) is 4. The minimum absolute atomic E-state index is 0.135. The van der Waals surface area contributed by atoms with E-state index in [1.54, 1.807) is 25.3 Å². The molecule has 0 bridgehead atoms. The molecule has 108 valence electrons. The molecule has 0 spiro atoms. The first-order valence-corrected chi connectivity index (χ1v) is 6.36. The lowest BCUT2D eigenvalue weighted by Gasteiger charge is -2.04. The van der Waals surface area contributed by atoms with Gasteiger partial charge in [-0.1, -0.05) is 18.2 Å². The first-order valence-electron chi connectivity index (χ1n) is 6.36. The number of para-hydroxylation sites is 1. The van der Waals surface area contributed by atoms with Crippen LogP contribution in [0.5, 0.6) is 5.75 Å². The van der Waals surface area contributed by atoms with E-state index in [9.17, 15) is 9.90 Å². The Balaban J connectivity index is 2.08. The molecule has 2 N–H and O–H groups in total. The van der Waals surface area contributed by atoms with Gasteiger partial charge in [-0.05, 0) is 24.1 Å². The van der Waals surface area contributed by atoms with Gasteiger partial charge in [0.15, 0.2) is 0 Å². The van der Waals surface area contributed by atoms with Crippen molar-refractivity contribution < 1.29 is 9.90 Å². The summed E-state index contributed by atoms with van der Waals surface area (Å²) < 4.78 is 1.45. The van der Waals surface area contributed by atoms with Crippen molar-refractivity contribution in [3.63, 3.8) is 0 Å². The molecule has 0 aliphatic rings. The number of carbonyl (C=O) groups excluding carboxylic acids is 1. The number of allylic oxidation sites excluding steroid dienone is 1. The van der Waals surface area contributed by atoms with E-state index >= 15 is 0 Å². The average molecular weight is 284 g/mol. The number of hydrogen-bond donors (Lipinski definition) is 2. The van der Waals surface area contributed by atoms with Gasteiger partial charge in [-0.2, -0.15) is 10.2 Å². The zero-order chi connectivity index (χ0) is 15.2. The molecule has 1 aromatic heterocycles. The van der Waals surface area contributed by atoms with Crippen molar-refractivity contribution in [2.45, 2.75) is 6.42 Å². The molecule has 21 heavy (non-hydrogen) atoms. The van der Waals surface area contributed by atoms with Crippen LogP contribution in [0.15, 0.2) is 48.2 Å². The van der Waals surface area contributed by atoms with Crippen LogP contribution in [-0.2, 0) is 13.5 Å². The van der Waals surface area contributed by atoms with Crippen molar-refractivity contribution in [2.24, 2.45) is 12.1 Å². The van der Waals surface area contributed by atoms with Gasteiger partial charge in [0.2, 0.25) is 0 Å². The largest absolute Gasteiger partial charge is 0.507 e. The number of aryl methyl sites for hydroxylation is 1. The molecule has 1 heterocycles. The molecular formula is C15H16N4O2. The number of aromatic nitrogens is 2. The van der Waals surface area contributed by atoms with Gasteiger partial charge in [-0.15, -0.1) is 6.58 Å². The van der Waals surface area contributed by atoms with Crippen LogP contribution >= 0.6 is 0 Å². The molecule has 0 radical (unpaired) electrons. The third-order valence-corrected chi connectivity index (χ3v) is 2.94. The van der Waals surface area contributed by atoms with Crippen LogP contribution in [0.3, 0.4) is 0 Å².